The molecule has 0 unspecified atom stereocenters. The number of nitrogens with zero attached hydrogens (tertiary/aromatic N) is 1. The van der Waals surface area contributed by atoms with E-state index in [1.807, 2.05) is 6.07 Å². The number of methoxy groups -OCH3 is 1. The fourth-order valence-corrected chi connectivity index (χ4v) is 0.397. The third kappa shape index (κ3) is 6.21. The molecule has 0 saturated carbocycles. The second-order valence-corrected chi connectivity index (χ2v) is 1.63. The van der Waals surface area contributed by atoms with Gasteiger partial charge in [-0.15, -0.1) is 5.57 Å². The number of hydrogen-bond donors (Lipinski definition) is 0. The summed E-state index contributed by atoms with van der Waals surface area (Å²) in [5, 5.41) is 8.09. The molecule has 0 aliphatic rings. The van der Waals surface area contributed by atoms with E-state index in [9.17, 15) is 4.79 Å². The van der Waals surface area contributed by atoms with Gasteiger partial charge < -0.3 is 9.53 Å². The van der Waals surface area contributed by atoms with Gasteiger partial charge in [0.1, 0.15) is 0 Å². The molecule has 0 atom stereocenters. The zero-order valence-electron chi connectivity index (χ0n) is 6.55. The molecule has 0 aliphatic carbocycles. The van der Waals surface area contributed by atoms with Gasteiger partial charge in [-0.25, -0.2) is 0 Å². The van der Waals surface area contributed by atoms with Gasteiger partial charge in [0.25, 0.3) is 0 Å². The molecule has 0 fully saturated rings. The third-order valence-corrected chi connectivity index (χ3v) is 0.924. The number of ether oxygens (including phenoxy) is 1. The zero-order valence-corrected chi connectivity index (χ0v) is 9.39. The average molecular weight is 227 g/mol. The summed E-state index contributed by atoms with van der Waals surface area (Å²) in [5.74, 6) is -0.435. The third-order valence-electron chi connectivity index (χ3n) is 0.924. The molecule has 57 valence electrons. The van der Waals surface area contributed by atoms with Gasteiger partial charge in [0.15, 0.2) is 5.97 Å². The topological polar surface area (TPSA) is 50.1 Å². The van der Waals surface area contributed by atoms with E-state index in [0.29, 0.717) is 5.57 Å². The van der Waals surface area contributed by atoms with Gasteiger partial charge in [-0.2, -0.15) is 5.26 Å². The molecular formula is C7H8NO2Y-. The fourth-order valence-electron chi connectivity index (χ4n) is 0.397. The molecule has 0 heterocycles. The maximum absolute atomic E-state index is 10.6. The van der Waals surface area contributed by atoms with Crippen molar-refractivity contribution in [2.24, 2.45) is 0 Å². The Bertz CT molecular complexity index is 193. The van der Waals surface area contributed by atoms with Crippen molar-refractivity contribution in [3.05, 3.63) is 11.6 Å². The van der Waals surface area contributed by atoms with Crippen molar-refractivity contribution < 1.29 is 42.2 Å². The summed E-state index contributed by atoms with van der Waals surface area (Å²) in [5.41, 5.74) is 0.351. The van der Waals surface area contributed by atoms with Crippen LogP contribution in [0.4, 0.5) is 0 Å². The first-order valence-corrected chi connectivity index (χ1v) is 2.75. The molecule has 4 heteroatoms. The number of allylic oxidation sites excluding steroid dienone is 1. The maximum Gasteiger partial charge on any atom is 0.170 e. The first kappa shape index (κ1) is 13.4. The molecule has 0 aromatic heterocycles. The van der Waals surface area contributed by atoms with Crippen LogP contribution >= 0.6 is 0 Å². The van der Waals surface area contributed by atoms with Gasteiger partial charge in [-0.3, -0.25) is 6.08 Å². The predicted molar refractivity (Wildman–Crippen MR) is 34.7 cm³/mol. The van der Waals surface area contributed by atoms with E-state index in [2.05, 4.69) is 10.8 Å². The molecule has 0 saturated heterocycles. The van der Waals surface area contributed by atoms with E-state index in [-0.39, 0.29) is 39.1 Å². The average Bonchev–Trinajstić information content (AvgIpc) is 1.98. The summed E-state index contributed by atoms with van der Waals surface area (Å²) in [6.07, 6.45) is 2.69. The van der Waals surface area contributed by atoms with Crippen molar-refractivity contribution in [1.29, 1.82) is 5.26 Å². The normalized spacial score (nSPS) is 9.36. The fraction of sp³-hybridized carbons (Fsp3) is 0.429. The molecule has 0 amide bonds. The molecular weight excluding hydrogens is 219 g/mol. The van der Waals surface area contributed by atoms with Crippen LogP contribution in [0.2, 0.25) is 0 Å². The monoisotopic (exact) mass is 227 g/mol. The molecule has 0 aromatic carbocycles. The van der Waals surface area contributed by atoms with Crippen LogP contribution in [0.3, 0.4) is 0 Å². The minimum absolute atomic E-state index is 0. The summed E-state index contributed by atoms with van der Waals surface area (Å²) in [7, 11) is 1.29. The predicted octanol–water partition coefficient (Wildman–Crippen LogP) is 0.820. The van der Waals surface area contributed by atoms with E-state index in [1.54, 1.807) is 6.92 Å². The van der Waals surface area contributed by atoms with Crippen molar-refractivity contribution in [2.75, 3.05) is 7.11 Å². The molecule has 0 rings (SSSR count). The Labute approximate surface area is 91.3 Å². The quantitative estimate of drug-likeness (QED) is 0.398. The largest absolute Gasteiger partial charge is 0.550 e. The first-order chi connectivity index (χ1) is 4.72. The number of nitriles is 1. The molecule has 1 radical (unpaired) electrons. The van der Waals surface area contributed by atoms with Crippen molar-refractivity contribution in [3.63, 3.8) is 0 Å². The van der Waals surface area contributed by atoms with Gasteiger partial charge in [-0.05, 0) is 6.42 Å². The van der Waals surface area contributed by atoms with E-state index >= 15 is 0 Å². The molecule has 0 aliphatic heterocycles. The van der Waals surface area contributed by atoms with Crippen LogP contribution in [-0.2, 0) is 42.2 Å². The molecule has 0 N–H and O–H groups in total. The van der Waals surface area contributed by atoms with E-state index < -0.39 is 5.97 Å². The van der Waals surface area contributed by atoms with E-state index in [4.69, 9.17) is 5.26 Å². The Morgan fingerprint density at radius 1 is 1.73 bits per heavy atom. The Morgan fingerprint density at radius 2 is 2.27 bits per heavy atom. The first-order valence-electron chi connectivity index (χ1n) is 2.75. The SMILES string of the molecule is COC(=O)C(C)=[C-]CC#N.[Y]. The minimum atomic E-state index is -0.435. The van der Waals surface area contributed by atoms with E-state index in [0.717, 1.165) is 0 Å². The standard InChI is InChI=1S/C7H8NO2.Y/c1-6(4-3-5-8)7(9)10-2;/h3H2,1-2H3;/q-1;. The summed E-state index contributed by atoms with van der Waals surface area (Å²) >= 11 is 0. The molecule has 11 heavy (non-hydrogen) atoms. The summed E-state index contributed by atoms with van der Waals surface area (Å²) < 4.78 is 4.36. The van der Waals surface area contributed by atoms with E-state index in [1.165, 1.54) is 7.11 Å². The minimum Gasteiger partial charge on any atom is -0.550 e. The second kappa shape index (κ2) is 7.91. The number of carbonyl (C=O) groups is 1. The van der Waals surface area contributed by atoms with Gasteiger partial charge >= 0.3 is 0 Å². The van der Waals surface area contributed by atoms with Crippen molar-refractivity contribution in [3.8, 4) is 6.07 Å². The summed E-state index contributed by atoms with van der Waals surface area (Å²) in [6, 6.07) is 1.84. The second-order valence-electron chi connectivity index (χ2n) is 1.63. The van der Waals surface area contributed by atoms with Crippen LogP contribution in [0.5, 0.6) is 0 Å². The molecule has 3 nitrogen and oxygen atoms in total. The van der Waals surface area contributed by atoms with Gasteiger partial charge in [0, 0.05) is 38.8 Å². The maximum atomic E-state index is 10.6. The van der Waals surface area contributed by atoms with Gasteiger partial charge in [0.2, 0.25) is 0 Å². The molecule has 0 bridgehead atoms. The Hall–Kier alpha value is -0.196. The summed E-state index contributed by atoms with van der Waals surface area (Å²) in [4.78, 5) is 10.6. The van der Waals surface area contributed by atoms with Crippen LogP contribution in [0.1, 0.15) is 13.3 Å². The Balaban J connectivity index is 0. The van der Waals surface area contributed by atoms with Crippen LogP contribution < -0.4 is 0 Å². The zero-order chi connectivity index (χ0) is 7.98. The molecule has 0 spiro atoms. The number of esters is 1. The van der Waals surface area contributed by atoms with Crippen LogP contribution in [-0.4, -0.2) is 13.1 Å². The van der Waals surface area contributed by atoms with Crippen molar-refractivity contribution in [1.82, 2.24) is 0 Å². The Morgan fingerprint density at radius 3 is 2.64 bits per heavy atom. The van der Waals surface area contributed by atoms with Crippen LogP contribution in [0.15, 0.2) is 5.57 Å². The van der Waals surface area contributed by atoms with Gasteiger partial charge in [0.05, 0.1) is 7.11 Å². The van der Waals surface area contributed by atoms with Crippen molar-refractivity contribution >= 4 is 5.97 Å². The number of carbonyl (C=O) groups excluding carboxylic acids is 1. The van der Waals surface area contributed by atoms with Crippen LogP contribution in [0, 0.1) is 17.4 Å². The number of hydrogen-bond acceptors (Lipinski definition) is 3. The van der Waals surface area contributed by atoms with Crippen LogP contribution in [0.25, 0.3) is 0 Å². The van der Waals surface area contributed by atoms with Gasteiger partial charge in [-0.1, -0.05) is 6.92 Å². The number of rotatable bonds is 2. The molecule has 0 aromatic rings. The van der Waals surface area contributed by atoms with Crippen molar-refractivity contribution in [2.45, 2.75) is 13.3 Å². The smallest absolute Gasteiger partial charge is 0.170 e. The summed E-state index contributed by atoms with van der Waals surface area (Å²) in [6.45, 7) is 1.56. The Kier molecular flexibility index (Phi) is 9.63.